The molecule has 4 amide bonds. The lowest BCUT2D eigenvalue weighted by Gasteiger charge is -2.13. The van der Waals surface area contributed by atoms with Gasteiger partial charge in [-0.25, -0.2) is 0 Å². The van der Waals surface area contributed by atoms with Gasteiger partial charge in [-0.15, -0.1) is 11.8 Å². The van der Waals surface area contributed by atoms with Gasteiger partial charge in [-0.3, -0.25) is 19.2 Å². The van der Waals surface area contributed by atoms with Crippen LogP contribution in [-0.2, 0) is 9.59 Å². The Morgan fingerprint density at radius 2 is 1.40 bits per heavy atom. The number of thioether (sulfide) groups is 1. The molecule has 0 aromatic heterocycles. The van der Waals surface area contributed by atoms with E-state index in [1.54, 1.807) is 91.0 Å². The molecule has 5 N–H and O–H groups in total. The number of carbonyl (C=O) groups is 4. The van der Waals surface area contributed by atoms with E-state index < -0.39 is 17.7 Å². The van der Waals surface area contributed by atoms with Crippen LogP contribution in [0, 0.1) is 0 Å². The Labute approximate surface area is 256 Å². The summed E-state index contributed by atoms with van der Waals surface area (Å²) in [6.45, 7) is 0. The average Bonchev–Trinajstić information content (AvgIpc) is 2.98. The van der Waals surface area contributed by atoms with E-state index in [0.29, 0.717) is 32.5 Å². The number of halogens is 2. The second-order valence-electron chi connectivity index (χ2n) is 8.74. The molecule has 0 bridgehead atoms. The minimum atomic E-state index is -0.635. The molecule has 0 heterocycles. The highest BCUT2D eigenvalue weighted by Gasteiger charge is 2.17. The summed E-state index contributed by atoms with van der Waals surface area (Å²) in [5, 5.41) is 8.72. The number of amides is 4. The summed E-state index contributed by atoms with van der Waals surface area (Å²) in [7, 11) is 0. The van der Waals surface area contributed by atoms with Crippen molar-refractivity contribution in [2.24, 2.45) is 5.73 Å². The number of primary amides is 1. The first kappa shape index (κ1) is 30.4. The van der Waals surface area contributed by atoms with Gasteiger partial charge in [-0.05, 0) is 66.7 Å². The van der Waals surface area contributed by atoms with Crippen LogP contribution in [0.5, 0.6) is 0 Å². The van der Waals surface area contributed by atoms with Crippen LogP contribution in [0.15, 0.2) is 108 Å². The van der Waals surface area contributed by atoms with Crippen molar-refractivity contribution in [3.63, 3.8) is 0 Å². The molecule has 4 rings (SSSR count). The van der Waals surface area contributed by atoms with Crippen LogP contribution >= 0.6 is 35.0 Å². The van der Waals surface area contributed by atoms with Gasteiger partial charge in [0.2, 0.25) is 5.91 Å². The lowest BCUT2D eigenvalue weighted by Crippen LogP contribution is -2.30. The normalized spacial score (nSPS) is 11.0. The maximum Gasteiger partial charge on any atom is 0.272 e. The van der Waals surface area contributed by atoms with E-state index in [1.807, 2.05) is 0 Å². The van der Waals surface area contributed by atoms with Crippen LogP contribution in [0.2, 0.25) is 10.0 Å². The van der Waals surface area contributed by atoms with Crippen molar-refractivity contribution in [2.75, 3.05) is 16.4 Å². The highest BCUT2D eigenvalue weighted by atomic mass is 35.5. The number of para-hydroxylation sites is 1. The van der Waals surface area contributed by atoms with E-state index in [9.17, 15) is 19.2 Å². The maximum absolute atomic E-state index is 13.3. The van der Waals surface area contributed by atoms with Crippen LogP contribution in [-0.4, -0.2) is 29.4 Å². The predicted molar refractivity (Wildman–Crippen MR) is 168 cm³/mol. The van der Waals surface area contributed by atoms with E-state index in [0.717, 1.165) is 4.90 Å². The van der Waals surface area contributed by atoms with Gasteiger partial charge in [0, 0.05) is 31.8 Å². The van der Waals surface area contributed by atoms with Crippen molar-refractivity contribution in [1.82, 2.24) is 5.32 Å². The molecule has 11 heteroatoms. The zero-order chi connectivity index (χ0) is 30.1. The quantitative estimate of drug-likeness (QED) is 0.124. The van der Waals surface area contributed by atoms with Crippen molar-refractivity contribution in [3.8, 4) is 0 Å². The van der Waals surface area contributed by atoms with Crippen molar-refractivity contribution in [3.05, 3.63) is 129 Å². The van der Waals surface area contributed by atoms with Gasteiger partial charge in [0.1, 0.15) is 5.70 Å². The number of anilines is 2. The molecular formula is C31H24Cl2N4O4S. The van der Waals surface area contributed by atoms with Gasteiger partial charge in [-0.1, -0.05) is 59.6 Å². The molecule has 212 valence electrons. The molecule has 0 atom stereocenters. The third-order valence-corrected chi connectivity index (χ3v) is 7.44. The fourth-order valence-electron chi connectivity index (χ4n) is 3.71. The first-order valence-electron chi connectivity index (χ1n) is 12.5. The zero-order valence-electron chi connectivity index (χ0n) is 21.9. The summed E-state index contributed by atoms with van der Waals surface area (Å²) in [4.78, 5) is 50.9. The summed E-state index contributed by atoms with van der Waals surface area (Å²) >= 11 is 13.9. The number of nitrogens with two attached hydrogens (primary N) is 1. The Hall–Kier alpha value is -4.57. The fraction of sp³-hybridized carbons (Fsp3) is 0.0323. The Morgan fingerprint density at radius 1 is 0.762 bits per heavy atom. The van der Waals surface area contributed by atoms with Gasteiger partial charge >= 0.3 is 0 Å². The van der Waals surface area contributed by atoms with Crippen LogP contribution in [0.4, 0.5) is 11.4 Å². The van der Waals surface area contributed by atoms with Crippen molar-refractivity contribution in [2.45, 2.75) is 4.90 Å². The minimum Gasteiger partial charge on any atom is -0.366 e. The first-order chi connectivity index (χ1) is 20.2. The topological polar surface area (TPSA) is 130 Å². The Bertz CT molecular complexity index is 1640. The number of carbonyl (C=O) groups excluding carboxylic acids is 4. The molecule has 0 aliphatic rings. The largest absolute Gasteiger partial charge is 0.366 e. The van der Waals surface area contributed by atoms with Crippen LogP contribution < -0.4 is 21.7 Å². The molecular weight excluding hydrogens is 595 g/mol. The smallest absolute Gasteiger partial charge is 0.272 e. The monoisotopic (exact) mass is 618 g/mol. The summed E-state index contributed by atoms with van der Waals surface area (Å²) in [5.41, 5.74) is 7.06. The fourth-order valence-corrected chi connectivity index (χ4v) is 4.92. The number of rotatable bonds is 10. The van der Waals surface area contributed by atoms with Gasteiger partial charge < -0.3 is 21.7 Å². The summed E-state index contributed by atoms with van der Waals surface area (Å²) in [6, 6.07) is 26.7. The number of hydrogen-bond donors (Lipinski definition) is 4. The zero-order valence-corrected chi connectivity index (χ0v) is 24.2. The van der Waals surface area contributed by atoms with E-state index in [4.69, 9.17) is 28.9 Å². The Balaban J connectivity index is 1.44. The molecule has 0 radical (unpaired) electrons. The van der Waals surface area contributed by atoms with Crippen molar-refractivity contribution in [1.29, 1.82) is 0 Å². The number of nitrogens with one attached hydrogen (secondary N) is 3. The van der Waals surface area contributed by atoms with E-state index in [-0.39, 0.29) is 22.9 Å². The molecule has 0 spiro atoms. The number of benzene rings is 4. The average molecular weight is 620 g/mol. The SMILES string of the molecule is NC(=O)c1ccccc1NC(=O)CSc1ccc(NC(=O)/C(=C/c2c(Cl)cccc2Cl)NC(=O)c2ccccc2)cc1. The second-order valence-corrected chi connectivity index (χ2v) is 10.6. The van der Waals surface area contributed by atoms with Gasteiger partial charge in [0.25, 0.3) is 17.7 Å². The van der Waals surface area contributed by atoms with Gasteiger partial charge in [-0.2, -0.15) is 0 Å². The molecule has 0 saturated carbocycles. The Morgan fingerprint density at radius 3 is 2.07 bits per heavy atom. The molecule has 0 aliphatic carbocycles. The molecule has 0 saturated heterocycles. The van der Waals surface area contributed by atoms with E-state index >= 15 is 0 Å². The standard InChI is InChI=1S/C31H24Cl2N4O4S/c32-24-10-6-11-25(33)23(24)17-27(37-30(40)19-7-2-1-3-8-19)31(41)35-20-13-15-21(16-14-20)42-18-28(38)36-26-12-5-4-9-22(26)29(34)39/h1-17H,18H2,(H2,34,39)(H,35,41)(H,36,38)(H,37,40)/b27-17-. The molecule has 4 aromatic rings. The first-order valence-corrected chi connectivity index (χ1v) is 14.2. The van der Waals surface area contributed by atoms with Crippen LogP contribution in [0.1, 0.15) is 26.3 Å². The summed E-state index contributed by atoms with van der Waals surface area (Å²) in [5.74, 6) is -1.95. The second kappa shape index (κ2) is 14.4. The lowest BCUT2D eigenvalue weighted by molar-refractivity contribution is -0.114. The minimum absolute atomic E-state index is 0.0646. The summed E-state index contributed by atoms with van der Waals surface area (Å²) < 4.78 is 0. The van der Waals surface area contributed by atoms with Crippen LogP contribution in [0.3, 0.4) is 0 Å². The third kappa shape index (κ3) is 8.23. The number of hydrogen-bond acceptors (Lipinski definition) is 5. The van der Waals surface area contributed by atoms with Crippen molar-refractivity contribution < 1.29 is 19.2 Å². The predicted octanol–water partition coefficient (Wildman–Crippen LogP) is 6.23. The highest BCUT2D eigenvalue weighted by molar-refractivity contribution is 8.00. The van der Waals surface area contributed by atoms with Crippen LogP contribution in [0.25, 0.3) is 6.08 Å². The molecule has 0 fully saturated rings. The third-order valence-electron chi connectivity index (χ3n) is 5.77. The molecule has 8 nitrogen and oxygen atoms in total. The van der Waals surface area contributed by atoms with E-state index in [2.05, 4.69) is 16.0 Å². The van der Waals surface area contributed by atoms with Crippen molar-refractivity contribution >= 4 is 76.0 Å². The maximum atomic E-state index is 13.3. The molecule has 0 unspecified atom stereocenters. The molecule has 4 aromatic carbocycles. The lowest BCUT2D eigenvalue weighted by atomic mass is 10.1. The Kier molecular flexibility index (Phi) is 10.4. The van der Waals surface area contributed by atoms with E-state index in [1.165, 1.54) is 23.9 Å². The molecule has 42 heavy (non-hydrogen) atoms. The molecule has 0 aliphatic heterocycles. The van der Waals surface area contributed by atoms with Gasteiger partial charge in [0.15, 0.2) is 0 Å². The highest BCUT2D eigenvalue weighted by Crippen LogP contribution is 2.27. The summed E-state index contributed by atoms with van der Waals surface area (Å²) in [6.07, 6.45) is 1.42. The van der Waals surface area contributed by atoms with Gasteiger partial charge in [0.05, 0.1) is 17.0 Å².